The maximum absolute atomic E-state index is 6.40. The average molecular weight is 292 g/mol. The van der Waals surface area contributed by atoms with Gasteiger partial charge in [0.2, 0.25) is 0 Å². The topological polar surface area (TPSA) is 43.8 Å². The highest BCUT2D eigenvalue weighted by Gasteiger charge is 2.32. The Morgan fingerprint density at radius 3 is 2.94 bits per heavy atom. The Morgan fingerprint density at radius 2 is 2.29 bits per heavy atom. The summed E-state index contributed by atoms with van der Waals surface area (Å²) in [6.07, 6.45) is 1.70. The quantitative estimate of drug-likeness (QED) is 0.930. The zero-order chi connectivity index (χ0) is 12.4. The molecule has 6 heteroatoms. The van der Waals surface area contributed by atoms with Gasteiger partial charge in [-0.3, -0.25) is 4.68 Å². The first kappa shape index (κ1) is 13.6. The number of thioether (sulfide) groups is 2. The third-order valence-electron chi connectivity index (χ3n) is 3.04. The molecule has 3 atom stereocenters. The predicted molar refractivity (Wildman–Crippen MR) is 78.0 cm³/mol. The Balaban J connectivity index is 2.22. The third-order valence-corrected chi connectivity index (χ3v) is 6.55. The van der Waals surface area contributed by atoms with Gasteiger partial charge in [0.25, 0.3) is 0 Å². The normalized spacial score (nSPS) is 27.1. The SMILES string of the molecule is CCn1ncc(Cl)c1C(N)C1SCCSC1C. The lowest BCUT2D eigenvalue weighted by Crippen LogP contribution is -2.35. The Hall–Kier alpha value is 0.160. The molecular formula is C11H18ClN3S2. The van der Waals surface area contributed by atoms with Crippen molar-refractivity contribution < 1.29 is 0 Å². The molecule has 0 aliphatic carbocycles. The molecule has 0 radical (unpaired) electrons. The zero-order valence-corrected chi connectivity index (χ0v) is 12.5. The van der Waals surface area contributed by atoms with Crippen LogP contribution in [0.1, 0.15) is 25.6 Å². The third kappa shape index (κ3) is 2.78. The fourth-order valence-corrected chi connectivity index (χ4v) is 5.27. The zero-order valence-electron chi connectivity index (χ0n) is 10.1. The van der Waals surface area contributed by atoms with E-state index in [0.717, 1.165) is 12.2 Å². The molecule has 3 nitrogen and oxygen atoms in total. The summed E-state index contributed by atoms with van der Waals surface area (Å²) in [4.78, 5) is 0. The van der Waals surface area contributed by atoms with Crippen LogP contribution in [0, 0.1) is 0 Å². The van der Waals surface area contributed by atoms with Gasteiger partial charge in [-0.25, -0.2) is 0 Å². The fourth-order valence-electron chi connectivity index (χ4n) is 2.16. The first-order valence-corrected chi connectivity index (χ1v) is 8.32. The van der Waals surface area contributed by atoms with Crippen LogP contribution in [-0.2, 0) is 6.54 Å². The first-order chi connectivity index (χ1) is 8.15. The monoisotopic (exact) mass is 291 g/mol. The van der Waals surface area contributed by atoms with Crippen molar-refractivity contribution in [3.63, 3.8) is 0 Å². The Bertz CT molecular complexity index is 383. The number of aryl methyl sites for hydroxylation is 1. The van der Waals surface area contributed by atoms with E-state index in [1.54, 1.807) is 6.20 Å². The van der Waals surface area contributed by atoms with Crippen LogP contribution in [0.25, 0.3) is 0 Å². The van der Waals surface area contributed by atoms with Gasteiger partial charge in [-0.2, -0.15) is 28.6 Å². The molecule has 2 N–H and O–H groups in total. The van der Waals surface area contributed by atoms with Crippen molar-refractivity contribution in [2.24, 2.45) is 5.73 Å². The second-order valence-electron chi connectivity index (χ2n) is 4.13. The molecular weight excluding hydrogens is 274 g/mol. The van der Waals surface area contributed by atoms with Crippen molar-refractivity contribution in [1.82, 2.24) is 9.78 Å². The minimum absolute atomic E-state index is 0.0299. The summed E-state index contributed by atoms with van der Waals surface area (Å²) in [5, 5.41) is 5.95. The van der Waals surface area contributed by atoms with Crippen LogP contribution in [-0.4, -0.2) is 31.8 Å². The molecule has 2 rings (SSSR count). The van der Waals surface area contributed by atoms with Crippen LogP contribution >= 0.6 is 35.1 Å². The van der Waals surface area contributed by atoms with Gasteiger partial charge in [-0.1, -0.05) is 18.5 Å². The van der Waals surface area contributed by atoms with Crippen LogP contribution < -0.4 is 5.73 Å². The van der Waals surface area contributed by atoms with Crippen LogP contribution in [0.15, 0.2) is 6.20 Å². The number of hydrogen-bond acceptors (Lipinski definition) is 4. The molecule has 17 heavy (non-hydrogen) atoms. The number of halogens is 1. The van der Waals surface area contributed by atoms with Gasteiger partial charge in [0, 0.05) is 28.6 Å². The predicted octanol–water partition coefficient (Wildman–Crippen LogP) is 2.79. The molecule has 0 saturated carbocycles. The van der Waals surface area contributed by atoms with Crippen molar-refractivity contribution in [2.75, 3.05) is 11.5 Å². The van der Waals surface area contributed by atoms with Gasteiger partial charge >= 0.3 is 0 Å². The number of nitrogens with two attached hydrogens (primary N) is 1. The number of hydrogen-bond donors (Lipinski definition) is 1. The van der Waals surface area contributed by atoms with Gasteiger partial charge in [0.05, 0.1) is 23.0 Å². The Kier molecular flexibility index (Phi) is 4.69. The summed E-state index contributed by atoms with van der Waals surface area (Å²) in [6, 6.07) is -0.0299. The highest BCUT2D eigenvalue weighted by atomic mass is 35.5. The molecule has 0 aromatic carbocycles. The van der Waals surface area contributed by atoms with Crippen molar-refractivity contribution >= 4 is 35.1 Å². The largest absolute Gasteiger partial charge is 0.322 e. The lowest BCUT2D eigenvalue weighted by Gasteiger charge is -2.32. The van der Waals surface area contributed by atoms with E-state index < -0.39 is 0 Å². The van der Waals surface area contributed by atoms with Gasteiger partial charge in [0.15, 0.2) is 0 Å². The molecule has 0 spiro atoms. The van der Waals surface area contributed by atoms with E-state index in [4.69, 9.17) is 17.3 Å². The number of rotatable bonds is 3. The van der Waals surface area contributed by atoms with E-state index >= 15 is 0 Å². The molecule has 2 heterocycles. The van der Waals surface area contributed by atoms with Crippen LogP contribution in [0.5, 0.6) is 0 Å². The Morgan fingerprint density at radius 1 is 1.59 bits per heavy atom. The molecule has 0 bridgehead atoms. The van der Waals surface area contributed by atoms with E-state index in [1.165, 1.54) is 11.5 Å². The van der Waals surface area contributed by atoms with E-state index in [0.29, 0.717) is 15.5 Å². The summed E-state index contributed by atoms with van der Waals surface area (Å²) >= 11 is 10.2. The van der Waals surface area contributed by atoms with Gasteiger partial charge in [0.1, 0.15) is 0 Å². The number of nitrogens with zero attached hydrogens (tertiary/aromatic N) is 2. The number of aromatic nitrogens is 2. The second-order valence-corrected chi connectivity index (χ2v) is 7.31. The molecule has 1 aliphatic rings. The van der Waals surface area contributed by atoms with Crippen LogP contribution in [0.2, 0.25) is 5.02 Å². The summed E-state index contributed by atoms with van der Waals surface area (Å²) in [7, 11) is 0. The van der Waals surface area contributed by atoms with Gasteiger partial charge in [-0.15, -0.1) is 0 Å². The van der Waals surface area contributed by atoms with Crippen molar-refractivity contribution in [2.45, 2.75) is 36.9 Å². The lowest BCUT2D eigenvalue weighted by atomic mass is 10.1. The summed E-state index contributed by atoms with van der Waals surface area (Å²) < 4.78 is 1.92. The van der Waals surface area contributed by atoms with E-state index in [-0.39, 0.29) is 6.04 Å². The molecule has 1 aromatic heterocycles. The molecule has 1 fully saturated rings. The van der Waals surface area contributed by atoms with Crippen LogP contribution in [0.3, 0.4) is 0 Å². The second kappa shape index (κ2) is 5.87. The van der Waals surface area contributed by atoms with E-state index in [1.807, 2.05) is 28.2 Å². The highest BCUT2D eigenvalue weighted by molar-refractivity contribution is 8.07. The fraction of sp³-hybridized carbons (Fsp3) is 0.727. The standard InChI is InChI=1S/C11H18ClN3S2/c1-3-15-10(8(12)6-14-15)9(13)11-7(2)16-4-5-17-11/h6-7,9,11H,3-5,13H2,1-2H3. The molecule has 0 amide bonds. The lowest BCUT2D eigenvalue weighted by molar-refractivity contribution is 0.554. The maximum atomic E-state index is 6.40. The molecule has 96 valence electrons. The average Bonchev–Trinajstić information content (AvgIpc) is 2.70. The van der Waals surface area contributed by atoms with Crippen LogP contribution in [0.4, 0.5) is 0 Å². The van der Waals surface area contributed by atoms with Gasteiger partial charge < -0.3 is 5.73 Å². The minimum atomic E-state index is -0.0299. The van der Waals surface area contributed by atoms with Crippen molar-refractivity contribution in [3.05, 3.63) is 16.9 Å². The van der Waals surface area contributed by atoms with Gasteiger partial charge in [-0.05, 0) is 6.92 Å². The molecule has 1 aliphatic heterocycles. The summed E-state index contributed by atoms with van der Waals surface area (Å²) in [5.74, 6) is 2.39. The Labute approximate surface area is 116 Å². The van der Waals surface area contributed by atoms with Crippen molar-refractivity contribution in [1.29, 1.82) is 0 Å². The van der Waals surface area contributed by atoms with Crippen molar-refractivity contribution in [3.8, 4) is 0 Å². The first-order valence-electron chi connectivity index (χ1n) is 5.85. The smallest absolute Gasteiger partial charge is 0.0834 e. The maximum Gasteiger partial charge on any atom is 0.0834 e. The highest BCUT2D eigenvalue weighted by Crippen LogP contribution is 2.39. The minimum Gasteiger partial charge on any atom is -0.322 e. The van der Waals surface area contributed by atoms with E-state index in [2.05, 4.69) is 18.9 Å². The molecule has 1 saturated heterocycles. The summed E-state index contributed by atoms with van der Waals surface area (Å²) in [5.41, 5.74) is 7.39. The molecule has 1 aromatic rings. The van der Waals surface area contributed by atoms with E-state index in [9.17, 15) is 0 Å². The molecule has 3 unspecified atom stereocenters. The summed E-state index contributed by atoms with van der Waals surface area (Å²) in [6.45, 7) is 5.13.